The highest BCUT2D eigenvalue weighted by molar-refractivity contribution is 7.90. The Balaban J connectivity index is 1.72. The van der Waals surface area contributed by atoms with E-state index in [9.17, 15) is 13.2 Å². The normalized spacial score (nSPS) is 19.9. The van der Waals surface area contributed by atoms with Crippen molar-refractivity contribution in [3.05, 3.63) is 36.0 Å². The van der Waals surface area contributed by atoms with E-state index in [0.717, 1.165) is 0 Å². The number of anilines is 1. The lowest BCUT2D eigenvalue weighted by molar-refractivity contribution is -0.163. The van der Waals surface area contributed by atoms with Gasteiger partial charge in [0.1, 0.15) is 22.9 Å². The van der Waals surface area contributed by atoms with Crippen LogP contribution in [0.5, 0.6) is 11.6 Å². The van der Waals surface area contributed by atoms with E-state index in [-0.39, 0.29) is 35.7 Å². The Morgan fingerprint density at radius 2 is 1.94 bits per heavy atom. The fourth-order valence-electron chi connectivity index (χ4n) is 3.08. The monoisotopic (exact) mass is 466 g/mol. The number of sulfonamides is 1. The van der Waals surface area contributed by atoms with Crippen molar-refractivity contribution in [1.82, 2.24) is 14.7 Å². The highest BCUT2D eigenvalue weighted by Gasteiger charge is 2.42. The summed E-state index contributed by atoms with van der Waals surface area (Å²) in [5.74, 6) is -0.572. The average molecular weight is 467 g/mol. The number of para-hydroxylation sites is 1. The van der Waals surface area contributed by atoms with Gasteiger partial charge in [-0.2, -0.15) is 4.98 Å². The molecule has 1 fully saturated rings. The first-order chi connectivity index (χ1) is 14.9. The Kier molecular flexibility index (Phi) is 6.58. The molecule has 1 unspecified atom stereocenters. The van der Waals surface area contributed by atoms with Crippen molar-refractivity contribution in [2.24, 2.45) is 0 Å². The van der Waals surface area contributed by atoms with E-state index in [1.807, 2.05) is 4.72 Å². The van der Waals surface area contributed by atoms with Crippen LogP contribution in [-0.4, -0.2) is 56.1 Å². The zero-order valence-corrected chi connectivity index (χ0v) is 19.3. The molecule has 11 nitrogen and oxygen atoms in total. The quantitative estimate of drug-likeness (QED) is 0.629. The van der Waals surface area contributed by atoms with Crippen LogP contribution in [0.25, 0.3) is 0 Å². The highest BCUT2D eigenvalue weighted by Crippen LogP contribution is 2.32. The Bertz CT molecular complexity index is 1110. The fourth-order valence-corrected chi connectivity index (χ4v) is 4.13. The first-order valence-corrected chi connectivity index (χ1v) is 11.2. The van der Waals surface area contributed by atoms with E-state index in [1.54, 1.807) is 39.8 Å². The molecule has 1 aliphatic rings. The SMILES string of the molecule is COc1cc(C)nc(NC(=O)NS(=O)(=O)c2ccccc2OCC2(C)COC(C)(C)O2)n1. The topological polar surface area (TPSA) is 138 Å². The van der Waals surface area contributed by atoms with Gasteiger partial charge in [-0.25, -0.2) is 22.9 Å². The lowest BCUT2D eigenvalue weighted by Crippen LogP contribution is -2.38. The van der Waals surface area contributed by atoms with Gasteiger partial charge in [-0.3, -0.25) is 5.32 Å². The summed E-state index contributed by atoms with van der Waals surface area (Å²) in [5, 5.41) is 2.29. The number of ether oxygens (including phenoxy) is 4. The minimum absolute atomic E-state index is 0.0477. The summed E-state index contributed by atoms with van der Waals surface area (Å²) in [6, 6.07) is 6.50. The number of methoxy groups -OCH3 is 1. The van der Waals surface area contributed by atoms with Crippen LogP contribution in [0.2, 0.25) is 0 Å². The molecular formula is C20H26N4O7S. The fraction of sp³-hybridized carbons (Fsp3) is 0.450. The maximum atomic E-state index is 12.8. The maximum Gasteiger partial charge on any atom is 0.335 e. The van der Waals surface area contributed by atoms with Gasteiger partial charge in [0.2, 0.25) is 11.8 Å². The van der Waals surface area contributed by atoms with Crippen molar-refractivity contribution >= 4 is 22.0 Å². The molecule has 1 aromatic heterocycles. The third-order valence-corrected chi connectivity index (χ3v) is 5.75. The van der Waals surface area contributed by atoms with Crippen LogP contribution >= 0.6 is 0 Å². The van der Waals surface area contributed by atoms with Gasteiger partial charge in [0.05, 0.1) is 13.7 Å². The molecule has 0 bridgehead atoms. The van der Waals surface area contributed by atoms with Crippen LogP contribution in [0.1, 0.15) is 26.5 Å². The molecular weight excluding hydrogens is 440 g/mol. The Labute approximate surface area is 186 Å². The van der Waals surface area contributed by atoms with E-state index in [2.05, 4.69) is 15.3 Å². The molecule has 1 aliphatic heterocycles. The number of hydrogen-bond donors (Lipinski definition) is 2. The van der Waals surface area contributed by atoms with Crippen LogP contribution in [0.4, 0.5) is 10.7 Å². The maximum absolute atomic E-state index is 12.8. The second-order valence-electron chi connectivity index (χ2n) is 7.91. The number of nitrogens with zero attached hydrogens (tertiary/aromatic N) is 2. The molecule has 2 aromatic rings. The molecule has 2 N–H and O–H groups in total. The lowest BCUT2D eigenvalue weighted by Gasteiger charge is -2.25. The number of hydrogen-bond acceptors (Lipinski definition) is 9. The second kappa shape index (κ2) is 8.88. The van der Waals surface area contributed by atoms with Crippen LogP contribution in [0.3, 0.4) is 0 Å². The predicted molar refractivity (Wildman–Crippen MR) is 114 cm³/mol. The number of nitrogens with one attached hydrogen (secondary N) is 2. The molecule has 174 valence electrons. The van der Waals surface area contributed by atoms with Gasteiger partial charge < -0.3 is 18.9 Å². The number of carbonyl (C=O) groups excluding carboxylic acids is 1. The molecule has 2 heterocycles. The number of amides is 2. The first-order valence-electron chi connectivity index (χ1n) is 9.71. The number of aryl methyl sites for hydroxylation is 1. The van der Waals surface area contributed by atoms with Crippen LogP contribution in [0, 0.1) is 6.92 Å². The molecule has 1 saturated heterocycles. The van der Waals surface area contributed by atoms with E-state index in [0.29, 0.717) is 5.69 Å². The summed E-state index contributed by atoms with van der Waals surface area (Å²) in [6.45, 7) is 7.39. The molecule has 0 spiro atoms. The number of urea groups is 1. The molecule has 32 heavy (non-hydrogen) atoms. The molecule has 0 radical (unpaired) electrons. The lowest BCUT2D eigenvalue weighted by atomic mass is 10.1. The molecule has 2 amide bonds. The van der Waals surface area contributed by atoms with Crippen LogP contribution in [-0.2, 0) is 19.5 Å². The largest absolute Gasteiger partial charge is 0.489 e. The second-order valence-corrected chi connectivity index (χ2v) is 9.56. The third-order valence-electron chi connectivity index (χ3n) is 4.38. The van der Waals surface area contributed by atoms with E-state index >= 15 is 0 Å². The summed E-state index contributed by atoms with van der Waals surface area (Å²) in [7, 11) is -2.86. The average Bonchev–Trinajstić information content (AvgIpc) is 2.98. The number of benzene rings is 1. The van der Waals surface area contributed by atoms with Gasteiger partial charge >= 0.3 is 6.03 Å². The third kappa shape index (κ3) is 5.84. The van der Waals surface area contributed by atoms with Crippen molar-refractivity contribution in [2.75, 3.05) is 25.6 Å². The van der Waals surface area contributed by atoms with Gasteiger partial charge in [-0.15, -0.1) is 0 Å². The van der Waals surface area contributed by atoms with E-state index in [1.165, 1.54) is 25.3 Å². The molecule has 0 aliphatic carbocycles. The van der Waals surface area contributed by atoms with Gasteiger partial charge in [0, 0.05) is 11.8 Å². The Hall–Kier alpha value is -2.96. The highest BCUT2D eigenvalue weighted by atomic mass is 32.2. The number of aromatic nitrogens is 2. The van der Waals surface area contributed by atoms with Crippen LogP contribution < -0.4 is 19.5 Å². The summed E-state index contributed by atoms with van der Waals surface area (Å²) in [4.78, 5) is 20.1. The summed E-state index contributed by atoms with van der Waals surface area (Å²) in [6.07, 6.45) is 0. The van der Waals surface area contributed by atoms with Crippen molar-refractivity contribution in [3.8, 4) is 11.6 Å². The summed E-state index contributed by atoms with van der Waals surface area (Å²) in [5.41, 5.74) is -0.226. The first kappa shape index (κ1) is 23.7. The summed E-state index contributed by atoms with van der Waals surface area (Å²) >= 11 is 0. The molecule has 12 heteroatoms. The van der Waals surface area contributed by atoms with Crippen LogP contribution in [0.15, 0.2) is 35.2 Å². The van der Waals surface area contributed by atoms with Crippen molar-refractivity contribution in [3.63, 3.8) is 0 Å². The minimum Gasteiger partial charge on any atom is -0.489 e. The van der Waals surface area contributed by atoms with Gasteiger partial charge in [0.25, 0.3) is 10.0 Å². The molecule has 3 rings (SSSR count). The van der Waals surface area contributed by atoms with Gasteiger partial charge in [-0.05, 0) is 39.8 Å². The minimum atomic E-state index is -4.27. The Morgan fingerprint density at radius 1 is 1.22 bits per heavy atom. The predicted octanol–water partition coefficient (Wildman–Crippen LogP) is 2.22. The van der Waals surface area contributed by atoms with Crippen molar-refractivity contribution in [1.29, 1.82) is 0 Å². The molecule has 0 saturated carbocycles. The van der Waals surface area contributed by atoms with Crippen molar-refractivity contribution in [2.45, 2.75) is 44.0 Å². The number of carbonyl (C=O) groups is 1. The van der Waals surface area contributed by atoms with Gasteiger partial charge in [0.15, 0.2) is 5.79 Å². The number of rotatable bonds is 7. The molecule has 1 aromatic carbocycles. The summed E-state index contributed by atoms with van der Waals surface area (Å²) < 4.78 is 49.8. The van der Waals surface area contributed by atoms with E-state index < -0.39 is 27.4 Å². The molecule has 1 atom stereocenters. The Morgan fingerprint density at radius 3 is 2.59 bits per heavy atom. The smallest absolute Gasteiger partial charge is 0.335 e. The van der Waals surface area contributed by atoms with Gasteiger partial charge in [-0.1, -0.05) is 12.1 Å². The standard InChI is InChI=1S/C20H26N4O7S/c1-13-10-16(28-5)22-17(21-13)23-18(25)24-32(26,27)15-9-7-6-8-14(15)29-11-20(4)12-30-19(2,3)31-20/h6-10H,11-12H2,1-5H3,(H2,21,22,23,24,25). The zero-order valence-electron chi connectivity index (χ0n) is 18.5. The van der Waals surface area contributed by atoms with Crippen molar-refractivity contribution < 1.29 is 32.2 Å². The van der Waals surface area contributed by atoms with E-state index in [4.69, 9.17) is 18.9 Å². The zero-order chi connectivity index (χ0) is 23.6.